The van der Waals surface area contributed by atoms with Gasteiger partial charge >= 0.3 is 0 Å². The predicted octanol–water partition coefficient (Wildman–Crippen LogP) is 4.45. The summed E-state index contributed by atoms with van der Waals surface area (Å²) in [6.07, 6.45) is 3.37. The van der Waals surface area contributed by atoms with E-state index >= 15 is 0 Å². The molecule has 1 aromatic heterocycles. The second-order valence-electron chi connectivity index (χ2n) is 5.00. The van der Waals surface area contributed by atoms with Crippen LogP contribution in [0.5, 0.6) is 0 Å². The van der Waals surface area contributed by atoms with Gasteiger partial charge in [0.25, 0.3) is 11.6 Å². The highest BCUT2D eigenvalue weighted by Crippen LogP contribution is 2.26. The molecule has 25 heavy (non-hydrogen) atoms. The van der Waals surface area contributed by atoms with Crippen molar-refractivity contribution in [2.75, 3.05) is 5.32 Å². The number of anilines is 1. The number of carbonyl (C=O) groups excluding carboxylic acids is 1. The molecule has 0 aliphatic rings. The van der Waals surface area contributed by atoms with Gasteiger partial charge in [-0.3, -0.25) is 14.9 Å². The standard InChI is InChI=1S/C16H10BrClN4O3/c17-11-8-19-21(9-11)14-4-2-1-3-13(14)20-16(23)10-5-6-12(18)15(7-10)22(24)25/h1-9H,(H,20,23). The Morgan fingerprint density at radius 1 is 1.28 bits per heavy atom. The third kappa shape index (κ3) is 3.70. The first-order chi connectivity index (χ1) is 12.0. The van der Waals surface area contributed by atoms with E-state index in [2.05, 4.69) is 26.3 Å². The van der Waals surface area contributed by atoms with Crippen molar-refractivity contribution >= 4 is 44.8 Å². The maximum absolute atomic E-state index is 12.5. The molecule has 0 bridgehead atoms. The zero-order valence-corrected chi connectivity index (χ0v) is 14.9. The summed E-state index contributed by atoms with van der Waals surface area (Å²) in [7, 11) is 0. The Balaban J connectivity index is 1.92. The lowest BCUT2D eigenvalue weighted by atomic mass is 10.1. The molecule has 0 atom stereocenters. The van der Waals surface area contributed by atoms with Gasteiger partial charge in [0.1, 0.15) is 5.02 Å². The third-order valence-electron chi connectivity index (χ3n) is 3.36. The summed E-state index contributed by atoms with van der Waals surface area (Å²) in [6, 6.07) is 11.0. The summed E-state index contributed by atoms with van der Waals surface area (Å²) in [6.45, 7) is 0. The van der Waals surface area contributed by atoms with Crippen LogP contribution < -0.4 is 5.32 Å². The van der Waals surface area contributed by atoms with Gasteiger partial charge in [-0.05, 0) is 40.2 Å². The van der Waals surface area contributed by atoms with Crippen molar-refractivity contribution in [3.8, 4) is 5.69 Å². The smallest absolute Gasteiger partial charge is 0.288 e. The van der Waals surface area contributed by atoms with E-state index < -0.39 is 10.8 Å². The van der Waals surface area contributed by atoms with Crippen molar-refractivity contribution in [3.05, 3.63) is 80.0 Å². The fourth-order valence-corrected chi connectivity index (χ4v) is 2.67. The van der Waals surface area contributed by atoms with Gasteiger partial charge < -0.3 is 5.32 Å². The number of carbonyl (C=O) groups is 1. The summed E-state index contributed by atoms with van der Waals surface area (Å²) in [5, 5.41) is 17.9. The van der Waals surface area contributed by atoms with Crippen LogP contribution in [0, 0.1) is 10.1 Å². The summed E-state index contributed by atoms with van der Waals surface area (Å²) in [5.41, 5.74) is 0.983. The highest BCUT2D eigenvalue weighted by atomic mass is 79.9. The number of halogens is 2. The quantitative estimate of drug-likeness (QED) is 0.498. The highest BCUT2D eigenvalue weighted by Gasteiger charge is 2.17. The summed E-state index contributed by atoms with van der Waals surface area (Å²) in [4.78, 5) is 22.8. The molecule has 0 spiro atoms. The van der Waals surface area contributed by atoms with Gasteiger partial charge in [-0.25, -0.2) is 4.68 Å². The molecule has 0 saturated carbocycles. The van der Waals surface area contributed by atoms with Crippen LogP contribution in [0.4, 0.5) is 11.4 Å². The Hall–Kier alpha value is -2.71. The van der Waals surface area contributed by atoms with Crippen LogP contribution in [0.1, 0.15) is 10.4 Å². The molecule has 0 fully saturated rings. The van der Waals surface area contributed by atoms with Crippen LogP contribution in [0.3, 0.4) is 0 Å². The number of hydrogen-bond donors (Lipinski definition) is 1. The Morgan fingerprint density at radius 3 is 2.72 bits per heavy atom. The van der Waals surface area contributed by atoms with Crippen LogP contribution in [-0.4, -0.2) is 20.6 Å². The van der Waals surface area contributed by atoms with E-state index in [0.717, 1.165) is 10.5 Å². The number of amides is 1. The molecule has 7 nitrogen and oxygen atoms in total. The number of hydrogen-bond acceptors (Lipinski definition) is 4. The molecule has 9 heteroatoms. The monoisotopic (exact) mass is 420 g/mol. The fourth-order valence-electron chi connectivity index (χ4n) is 2.20. The molecule has 0 saturated heterocycles. The molecule has 0 aliphatic carbocycles. The van der Waals surface area contributed by atoms with Gasteiger partial charge in [0.2, 0.25) is 0 Å². The van der Waals surface area contributed by atoms with Crippen LogP contribution >= 0.6 is 27.5 Å². The second kappa shape index (κ2) is 7.04. The van der Waals surface area contributed by atoms with Crippen LogP contribution in [-0.2, 0) is 0 Å². The largest absolute Gasteiger partial charge is 0.320 e. The first kappa shape index (κ1) is 17.1. The first-order valence-corrected chi connectivity index (χ1v) is 8.17. The van der Waals surface area contributed by atoms with Gasteiger partial charge in [0.15, 0.2) is 0 Å². The summed E-state index contributed by atoms with van der Waals surface area (Å²) < 4.78 is 2.39. The van der Waals surface area contributed by atoms with Gasteiger partial charge in [0, 0.05) is 17.8 Å². The highest BCUT2D eigenvalue weighted by molar-refractivity contribution is 9.10. The van der Waals surface area contributed by atoms with E-state index in [0.29, 0.717) is 11.4 Å². The molecule has 1 heterocycles. The molecule has 0 aliphatic heterocycles. The van der Waals surface area contributed by atoms with Crippen molar-refractivity contribution in [2.45, 2.75) is 0 Å². The van der Waals surface area contributed by atoms with Crippen LogP contribution in [0.15, 0.2) is 59.3 Å². The molecule has 0 unspecified atom stereocenters. The minimum atomic E-state index is -0.631. The predicted molar refractivity (Wildman–Crippen MR) is 97.3 cm³/mol. The zero-order chi connectivity index (χ0) is 18.0. The average molecular weight is 422 g/mol. The minimum absolute atomic E-state index is 0.0247. The van der Waals surface area contributed by atoms with Crippen LogP contribution in [0.25, 0.3) is 5.69 Å². The molecule has 1 amide bonds. The fraction of sp³-hybridized carbons (Fsp3) is 0. The Morgan fingerprint density at radius 2 is 2.04 bits per heavy atom. The zero-order valence-electron chi connectivity index (χ0n) is 12.5. The normalized spacial score (nSPS) is 10.5. The number of nitrogens with zero attached hydrogens (tertiary/aromatic N) is 3. The SMILES string of the molecule is O=C(Nc1ccccc1-n1cc(Br)cn1)c1ccc(Cl)c([N+](=O)[O-])c1. The topological polar surface area (TPSA) is 90.1 Å². The number of aromatic nitrogens is 2. The van der Waals surface area contributed by atoms with E-state index in [1.54, 1.807) is 35.3 Å². The molecule has 126 valence electrons. The average Bonchev–Trinajstić information content (AvgIpc) is 3.01. The molecule has 2 aromatic carbocycles. The van der Waals surface area contributed by atoms with E-state index in [1.807, 2.05) is 6.07 Å². The second-order valence-corrected chi connectivity index (χ2v) is 6.32. The Labute approximate surface area is 155 Å². The molecular formula is C16H10BrClN4O3. The molecule has 0 radical (unpaired) electrons. The van der Waals surface area contributed by atoms with Crippen LogP contribution in [0.2, 0.25) is 5.02 Å². The van der Waals surface area contributed by atoms with Crippen molar-refractivity contribution in [1.29, 1.82) is 0 Å². The van der Waals surface area contributed by atoms with Crippen molar-refractivity contribution in [1.82, 2.24) is 9.78 Å². The lowest BCUT2D eigenvalue weighted by molar-refractivity contribution is -0.384. The molecule has 3 rings (SSSR count). The van der Waals surface area contributed by atoms with Crippen molar-refractivity contribution in [2.24, 2.45) is 0 Å². The summed E-state index contributed by atoms with van der Waals surface area (Å²) in [5.74, 6) is -0.488. The number of nitro benzene ring substituents is 1. The van der Waals surface area contributed by atoms with E-state index in [1.165, 1.54) is 12.1 Å². The lowest BCUT2D eigenvalue weighted by Crippen LogP contribution is -2.14. The maximum atomic E-state index is 12.5. The maximum Gasteiger partial charge on any atom is 0.288 e. The minimum Gasteiger partial charge on any atom is -0.320 e. The van der Waals surface area contributed by atoms with Gasteiger partial charge in [0.05, 0.1) is 27.0 Å². The first-order valence-electron chi connectivity index (χ1n) is 7.00. The number of nitro groups is 1. The Kier molecular flexibility index (Phi) is 4.82. The molecular weight excluding hydrogens is 412 g/mol. The molecule has 1 N–H and O–H groups in total. The van der Waals surface area contributed by atoms with E-state index in [-0.39, 0.29) is 16.3 Å². The Bertz CT molecular complexity index is 974. The van der Waals surface area contributed by atoms with Gasteiger partial charge in [-0.15, -0.1) is 0 Å². The van der Waals surface area contributed by atoms with E-state index in [9.17, 15) is 14.9 Å². The third-order valence-corrected chi connectivity index (χ3v) is 4.08. The van der Waals surface area contributed by atoms with Crippen molar-refractivity contribution in [3.63, 3.8) is 0 Å². The lowest BCUT2D eigenvalue weighted by Gasteiger charge is -2.11. The van der Waals surface area contributed by atoms with E-state index in [4.69, 9.17) is 11.6 Å². The number of rotatable bonds is 4. The number of para-hydroxylation sites is 2. The van der Waals surface area contributed by atoms with Gasteiger partial charge in [-0.2, -0.15) is 5.10 Å². The summed E-state index contributed by atoms with van der Waals surface area (Å²) >= 11 is 9.10. The number of benzene rings is 2. The molecule has 3 aromatic rings. The number of nitrogens with one attached hydrogen (secondary N) is 1. The van der Waals surface area contributed by atoms with Gasteiger partial charge in [-0.1, -0.05) is 23.7 Å². The van der Waals surface area contributed by atoms with Crippen molar-refractivity contribution < 1.29 is 9.72 Å².